The minimum absolute atomic E-state index is 0.0145. The van der Waals surface area contributed by atoms with Crippen LogP contribution in [0.15, 0.2) is 54.6 Å². The maximum atomic E-state index is 13.0. The third-order valence-corrected chi connectivity index (χ3v) is 6.79. The Labute approximate surface area is 186 Å². The lowest BCUT2D eigenvalue weighted by Crippen LogP contribution is -2.38. The van der Waals surface area contributed by atoms with Gasteiger partial charge in [-0.05, 0) is 48.0 Å². The molecule has 0 heterocycles. The van der Waals surface area contributed by atoms with Gasteiger partial charge in [0, 0.05) is 26.2 Å². The second kappa shape index (κ2) is 7.87. The monoisotopic (exact) mass is 492 g/mol. The molecule has 0 saturated carbocycles. The van der Waals surface area contributed by atoms with Gasteiger partial charge >= 0.3 is 0 Å². The average molecular weight is 494 g/mol. The van der Waals surface area contributed by atoms with Crippen LogP contribution in [0.2, 0.25) is 20.1 Å². The number of hydrogen-bond donors (Lipinski definition) is 3. The summed E-state index contributed by atoms with van der Waals surface area (Å²) < 4.78 is 33.9. The van der Waals surface area contributed by atoms with Gasteiger partial charge in [-0.1, -0.05) is 58.5 Å². The zero-order valence-electron chi connectivity index (χ0n) is 14.3. The SMILES string of the molecule is O=S(=O)(O)C(c1cccc(Cl)c1)(c1cc(Cl)ccc1O)c1cc(Cl)cc(Cl)c1O. The summed E-state index contributed by atoms with van der Waals surface area (Å²) in [6.45, 7) is 0. The molecular formula is C19H12Cl4O5S. The van der Waals surface area contributed by atoms with Crippen LogP contribution in [0.1, 0.15) is 16.7 Å². The molecule has 0 aromatic heterocycles. The first-order valence-corrected chi connectivity index (χ1v) is 10.8. The standard InChI is InChI=1S/C19H12Cl4O5S/c20-11-3-1-2-10(6-11)19(29(26,27)28,14-7-12(21)4-5-17(14)24)15-8-13(22)9-16(23)18(15)25/h1-9,24-25H,(H,26,27,28). The van der Waals surface area contributed by atoms with Crippen molar-refractivity contribution in [1.82, 2.24) is 0 Å². The summed E-state index contributed by atoms with van der Waals surface area (Å²) in [5.74, 6) is -1.17. The molecule has 3 aromatic rings. The molecule has 1 atom stereocenters. The van der Waals surface area contributed by atoms with Gasteiger partial charge in [-0.25, -0.2) is 0 Å². The van der Waals surface area contributed by atoms with Gasteiger partial charge in [0.25, 0.3) is 10.1 Å². The Bertz CT molecular complexity index is 1210. The van der Waals surface area contributed by atoms with Gasteiger partial charge in [0.15, 0.2) is 4.75 Å². The summed E-state index contributed by atoms with van der Waals surface area (Å²) in [5, 5.41) is 21.1. The van der Waals surface area contributed by atoms with Crippen LogP contribution < -0.4 is 0 Å². The number of benzene rings is 3. The van der Waals surface area contributed by atoms with Crippen LogP contribution in [-0.4, -0.2) is 23.2 Å². The predicted molar refractivity (Wildman–Crippen MR) is 114 cm³/mol. The van der Waals surface area contributed by atoms with Gasteiger partial charge in [-0.2, -0.15) is 8.42 Å². The fourth-order valence-corrected chi connectivity index (χ4v) is 5.37. The van der Waals surface area contributed by atoms with E-state index in [4.69, 9.17) is 46.4 Å². The summed E-state index contributed by atoms with van der Waals surface area (Å²) in [6, 6.07) is 11.5. The van der Waals surface area contributed by atoms with Crippen LogP contribution in [0.3, 0.4) is 0 Å². The molecule has 152 valence electrons. The van der Waals surface area contributed by atoms with E-state index in [2.05, 4.69) is 0 Å². The Morgan fingerprint density at radius 3 is 2.00 bits per heavy atom. The smallest absolute Gasteiger partial charge is 0.283 e. The highest BCUT2D eigenvalue weighted by atomic mass is 35.5. The van der Waals surface area contributed by atoms with Crippen molar-refractivity contribution >= 4 is 56.5 Å². The third-order valence-electron chi connectivity index (χ3n) is 4.36. The first kappa shape index (κ1) is 22.0. The van der Waals surface area contributed by atoms with E-state index in [1.54, 1.807) is 0 Å². The van der Waals surface area contributed by atoms with Crippen molar-refractivity contribution in [3.8, 4) is 11.5 Å². The van der Waals surface area contributed by atoms with Crippen molar-refractivity contribution in [3.63, 3.8) is 0 Å². The number of rotatable bonds is 4. The van der Waals surface area contributed by atoms with Gasteiger partial charge in [-0.15, -0.1) is 0 Å². The van der Waals surface area contributed by atoms with Crippen molar-refractivity contribution < 1.29 is 23.2 Å². The third kappa shape index (κ3) is 3.77. The van der Waals surface area contributed by atoms with Crippen LogP contribution in [0, 0.1) is 0 Å². The minimum atomic E-state index is -5.15. The summed E-state index contributed by atoms with van der Waals surface area (Å²) in [5.41, 5.74) is -0.806. The van der Waals surface area contributed by atoms with Crippen molar-refractivity contribution in [2.75, 3.05) is 0 Å². The first-order valence-electron chi connectivity index (χ1n) is 7.89. The summed E-state index contributed by atoms with van der Waals surface area (Å²) in [7, 11) is -5.15. The molecule has 0 spiro atoms. The van der Waals surface area contributed by atoms with Crippen LogP contribution in [0.25, 0.3) is 0 Å². The van der Waals surface area contributed by atoms with Crippen LogP contribution >= 0.6 is 46.4 Å². The minimum Gasteiger partial charge on any atom is -0.508 e. The zero-order valence-corrected chi connectivity index (χ0v) is 18.1. The van der Waals surface area contributed by atoms with E-state index < -0.39 is 31.9 Å². The molecule has 29 heavy (non-hydrogen) atoms. The van der Waals surface area contributed by atoms with Crippen molar-refractivity contribution in [2.24, 2.45) is 0 Å². The molecule has 0 fully saturated rings. The van der Waals surface area contributed by atoms with Crippen LogP contribution in [0.5, 0.6) is 11.5 Å². The molecular weight excluding hydrogens is 482 g/mol. The molecule has 0 aliphatic carbocycles. The molecule has 1 unspecified atom stereocenters. The molecule has 0 bridgehead atoms. The molecule has 3 aromatic carbocycles. The number of phenols is 2. The highest BCUT2D eigenvalue weighted by molar-refractivity contribution is 7.87. The highest BCUT2D eigenvalue weighted by Crippen LogP contribution is 2.52. The van der Waals surface area contributed by atoms with E-state index in [0.717, 1.165) is 18.2 Å². The number of phenolic OH excluding ortho intramolecular Hbond substituents is 2. The number of hydrogen-bond acceptors (Lipinski definition) is 4. The quantitative estimate of drug-likeness (QED) is 0.311. The molecule has 3 N–H and O–H groups in total. The Balaban J connectivity index is 2.65. The summed E-state index contributed by atoms with van der Waals surface area (Å²) >= 11 is 24.2. The normalized spacial score (nSPS) is 13.8. The summed E-state index contributed by atoms with van der Waals surface area (Å²) in [6.07, 6.45) is 0. The second-order valence-electron chi connectivity index (χ2n) is 6.11. The molecule has 0 aliphatic heterocycles. The predicted octanol–water partition coefficient (Wildman–Crippen LogP) is 5.89. The Hall–Kier alpha value is -1.67. The number of aromatic hydroxyl groups is 2. The molecule has 0 aliphatic rings. The van der Waals surface area contributed by atoms with E-state index in [-0.39, 0.29) is 31.2 Å². The van der Waals surface area contributed by atoms with E-state index in [1.807, 2.05) is 0 Å². The molecule has 10 heteroatoms. The van der Waals surface area contributed by atoms with Crippen molar-refractivity contribution in [1.29, 1.82) is 0 Å². The van der Waals surface area contributed by atoms with Crippen molar-refractivity contribution in [3.05, 3.63) is 91.4 Å². The largest absolute Gasteiger partial charge is 0.508 e. The second-order valence-corrected chi connectivity index (χ2v) is 9.39. The zero-order chi connectivity index (χ0) is 21.6. The Morgan fingerprint density at radius 2 is 1.38 bits per heavy atom. The van der Waals surface area contributed by atoms with Gasteiger partial charge in [0.05, 0.1) is 5.02 Å². The maximum absolute atomic E-state index is 13.0. The van der Waals surface area contributed by atoms with Gasteiger partial charge < -0.3 is 10.2 Å². The molecule has 5 nitrogen and oxygen atoms in total. The molecule has 0 radical (unpaired) electrons. The topological polar surface area (TPSA) is 94.8 Å². The Morgan fingerprint density at radius 1 is 0.759 bits per heavy atom. The van der Waals surface area contributed by atoms with E-state index in [1.165, 1.54) is 36.4 Å². The molecule has 0 saturated heterocycles. The van der Waals surface area contributed by atoms with Crippen LogP contribution in [0.4, 0.5) is 0 Å². The maximum Gasteiger partial charge on any atom is 0.283 e. The Kier molecular flexibility index (Phi) is 5.98. The highest BCUT2D eigenvalue weighted by Gasteiger charge is 2.52. The van der Waals surface area contributed by atoms with Gasteiger partial charge in [0.1, 0.15) is 11.5 Å². The summed E-state index contributed by atoms with van der Waals surface area (Å²) in [4.78, 5) is 0. The van der Waals surface area contributed by atoms with Crippen LogP contribution in [-0.2, 0) is 14.9 Å². The fourth-order valence-electron chi connectivity index (χ4n) is 3.22. The molecule has 0 amide bonds. The van der Waals surface area contributed by atoms with Gasteiger partial charge in [0.2, 0.25) is 0 Å². The van der Waals surface area contributed by atoms with E-state index in [0.29, 0.717) is 0 Å². The van der Waals surface area contributed by atoms with E-state index >= 15 is 0 Å². The number of halogens is 4. The fraction of sp³-hybridized carbons (Fsp3) is 0.0526. The van der Waals surface area contributed by atoms with E-state index in [9.17, 15) is 23.2 Å². The molecule has 3 rings (SSSR count). The van der Waals surface area contributed by atoms with Crippen molar-refractivity contribution in [2.45, 2.75) is 4.75 Å². The lowest BCUT2D eigenvalue weighted by atomic mass is 9.83. The van der Waals surface area contributed by atoms with Gasteiger partial charge in [-0.3, -0.25) is 4.55 Å². The lowest BCUT2D eigenvalue weighted by Gasteiger charge is -2.33. The lowest BCUT2D eigenvalue weighted by molar-refractivity contribution is 0.428. The first-order chi connectivity index (χ1) is 13.5. The average Bonchev–Trinajstić information content (AvgIpc) is 2.61.